The van der Waals surface area contributed by atoms with Gasteiger partial charge >= 0.3 is 0 Å². The van der Waals surface area contributed by atoms with Gasteiger partial charge < -0.3 is 19.5 Å². The number of carbonyl (C=O) groups is 2. The summed E-state index contributed by atoms with van der Waals surface area (Å²) in [7, 11) is 0. The SMILES string of the molecule is Cc1ccccc1[S+]([O-])C1CCN(C(=O)Cn2nc(C(=O)N3CC[C@H](O)[C@H](F)C3)c3c2C[C@H]2C[C@@H]32)CC1. The van der Waals surface area contributed by atoms with Crippen molar-refractivity contribution in [2.75, 3.05) is 26.2 Å². The highest BCUT2D eigenvalue weighted by atomic mass is 32.2. The molecule has 1 unspecified atom stereocenters. The molecule has 0 radical (unpaired) electrons. The van der Waals surface area contributed by atoms with Crippen LogP contribution in [-0.4, -0.2) is 84.8 Å². The van der Waals surface area contributed by atoms with Gasteiger partial charge in [-0.3, -0.25) is 14.3 Å². The van der Waals surface area contributed by atoms with E-state index in [1.165, 1.54) is 4.90 Å². The molecule has 0 spiro atoms. The quantitative estimate of drug-likeness (QED) is 0.600. The number of hydrogen-bond donors (Lipinski definition) is 1. The van der Waals surface area contributed by atoms with E-state index in [9.17, 15) is 23.6 Å². The van der Waals surface area contributed by atoms with Crippen LogP contribution in [0.3, 0.4) is 0 Å². The predicted molar refractivity (Wildman–Crippen MR) is 135 cm³/mol. The van der Waals surface area contributed by atoms with Crippen LogP contribution >= 0.6 is 0 Å². The first kappa shape index (κ1) is 24.9. The lowest BCUT2D eigenvalue weighted by Crippen LogP contribution is -2.47. The minimum Gasteiger partial charge on any atom is -0.611 e. The van der Waals surface area contributed by atoms with Crippen LogP contribution < -0.4 is 0 Å². The minimum atomic E-state index is -1.45. The van der Waals surface area contributed by atoms with E-state index in [2.05, 4.69) is 5.10 Å². The molecule has 8 nitrogen and oxygen atoms in total. The number of fused-ring (bicyclic) bond motifs is 3. The summed E-state index contributed by atoms with van der Waals surface area (Å²) in [6.07, 6.45) is 0.942. The summed E-state index contributed by atoms with van der Waals surface area (Å²) in [5, 5.41) is 14.3. The Kier molecular flexibility index (Phi) is 6.53. The normalized spacial score (nSPS) is 28.1. The lowest BCUT2D eigenvalue weighted by Gasteiger charge is -2.33. The number of carbonyl (C=O) groups excluding carboxylic acids is 2. The van der Waals surface area contributed by atoms with Gasteiger partial charge in [-0.1, -0.05) is 18.2 Å². The number of halogens is 1. The van der Waals surface area contributed by atoms with Crippen LogP contribution in [0.2, 0.25) is 0 Å². The van der Waals surface area contributed by atoms with Gasteiger partial charge in [0.15, 0.2) is 10.6 Å². The van der Waals surface area contributed by atoms with Crippen molar-refractivity contribution in [1.82, 2.24) is 19.6 Å². The third kappa shape index (κ3) is 4.57. The van der Waals surface area contributed by atoms with Gasteiger partial charge in [-0.15, -0.1) is 0 Å². The Morgan fingerprint density at radius 3 is 2.62 bits per heavy atom. The number of aliphatic hydroxyl groups is 1. The Balaban J connectivity index is 1.12. The average Bonchev–Trinajstić information content (AvgIpc) is 3.43. The Morgan fingerprint density at radius 1 is 1.16 bits per heavy atom. The van der Waals surface area contributed by atoms with Gasteiger partial charge in [-0.2, -0.15) is 5.10 Å². The number of rotatable bonds is 5. The van der Waals surface area contributed by atoms with E-state index in [0.29, 0.717) is 50.0 Å². The van der Waals surface area contributed by atoms with E-state index in [0.717, 1.165) is 34.6 Å². The number of aliphatic hydroxyl groups excluding tert-OH is 1. The fraction of sp³-hybridized carbons (Fsp3) is 0.593. The van der Waals surface area contributed by atoms with Crippen LogP contribution in [0.1, 0.15) is 58.9 Å². The summed E-state index contributed by atoms with van der Waals surface area (Å²) in [6.45, 7) is 3.32. The smallest absolute Gasteiger partial charge is 0.274 e. The lowest BCUT2D eigenvalue weighted by atomic mass is 10.0. The number of amides is 2. The van der Waals surface area contributed by atoms with Crippen LogP contribution in [-0.2, 0) is 28.9 Å². The van der Waals surface area contributed by atoms with E-state index >= 15 is 0 Å². The highest BCUT2D eigenvalue weighted by molar-refractivity contribution is 7.92. The maximum atomic E-state index is 14.1. The summed E-state index contributed by atoms with van der Waals surface area (Å²) in [6, 6.07) is 7.75. The topological polar surface area (TPSA) is 102 Å². The first-order chi connectivity index (χ1) is 17.8. The second-order valence-electron chi connectivity index (χ2n) is 10.9. The number of benzene rings is 1. The summed E-state index contributed by atoms with van der Waals surface area (Å²) in [5.41, 5.74) is 3.28. The number of aryl methyl sites for hydroxylation is 1. The number of hydrogen-bond acceptors (Lipinski definition) is 5. The van der Waals surface area contributed by atoms with E-state index in [-0.39, 0.29) is 36.6 Å². The van der Waals surface area contributed by atoms with Crippen molar-refractivity contribution in [1.29, 1.82) is 0 Å². The van der Waals surface area contributed by atoms with Gasteiger partial charge in [0.25, 0.3) is 5.91 Å². The molecule has 5 atom stereocenters. The van der Waals surface area contributed by atoms with Crippen molar-refractivity contribution in [3.8, 4) is 0 Å². The number of piperidine rings is 2. The van der Waals surface area contributed by atoms with E-state index in [4.69, 9.17) is 0 Å². The highest BCUT2D eigenvalue weighted by Gasteiger charge is 2.51. The van der Waals surface area contributed by atoms with E-state index < -0.39 is 23.5 Å². The van der Waals surface area contributed by atoms with Gasteiger partial charge in [-0.05, 0) is 55.3 Å². The van der Waals surface area contributed by atoms with Crippen LogP contribution in [0.15, 0.2) is 29.2 Å². The lowest BCUT2D eigenvalue weighted by molar-refractivity contribution is -0.132. The number of alkyl halides is 1. The molecule has 4 aliphatic rings. The molecule has 2 saturated heterocycles. The molecule has 1 saturated carbocycles. The maximum absolute atomic E-state index is 14.1. The van der Waals surface area contributed by atoms with Crippen molar-refractivity contribution < 1.29 is 23.6 Å². The van der Waals surface area contributed by atoms with Gasteiger partial charge in [0.2, 0.25) is 5.91 Å². The summed E-state index contributed by atoms with van der Waals surface area (Å²) in [5.74, 6) is 0.464. The van der Waals surface area contributed by atoms with Crippen LogP contribution in [0.5, 0.6) is 0 Å². The van der Waals surface area contributed by atoms with Crippen molar-refractivity contribution in [3.05, 3.63) is 46.8 Å². The van der Waals surface area contributed by atoms with Crippen LogP contribution in [0.4, 0.5) is 4.39 Å². The predicted octanol–water partition coefficient (Wildman–Crippen LogP) is 2.19. The standard InChI is InChI=1S/C27H33FN4O4S/c1-16-4-2-3-5-23(16)37(36)18-6-9-30(10-7-18)24(34)15-32-21-13-17-12-19(17)25(21)26(29-32)27(35)31-11-8-22(33)20(28)14-31/h2-5,17-20,22,33H,6-15H2,1H3/t17-,19-,20-,22+,37?/m1/s1. The van der Waals surface area contributed by atoms with Gasteiger partial charge in [0.1, 0.15) is 18.0 Å². The first-order valence-electron chi connectivity index (χ1n) is 13.3. The van der Waals surface area contributed by atoms with Crippen LogP contribution in [0, 0.1) is 12.8 Å². The molecule has 198 valence electrons. The third-order valence-electron chi connectivity index (χ3n) is 8.54. The second kappa shape index (κ2) is 9.71. The molecule has 1 aromatic heterocycles. The summed E-state index contributed by atoms with van der Waals surface area (Å²) in [4.78, 5) is 30.7. The number of aromatic nitrogens is 2. The molecule has 2 aliphatic heterocycles. The monoisotopic (exact) mass is 528 g/mol. The molecule has 3 heterocycles. The average molecular weight is 529 g/mol. The molecule has 0 bridgehead atoms. The first-order valence-corrected chi connectivity index (χ1v) is 14.5. The maximum Gasteiger partial charge on any atom is 0.274 e. The largest absolute Gasteiger partial charge is 0.611 e. The van der Waals surface area contributed by atoms with Crippen LogP contribution in [0.25, 0.3) is 0 Å². The third-order valence-corrected chi connectivity index (χ3v) is 10.5. The Morgan fingerprint density at radius 2 is 1.89 bits per heavy atom. The molecule has 3 fully saturated rings. The van der Waals surface area contributed by atoms with Crippen molar-refractivity contribution >= 4 is 23.0 Å². The molecule has 1 aromatic carbocycles. The van der Waals surface area contributed by atoms with Gasteiger partial charge in [0.05, 0.1) is 12.6 Å². The Hall–Kier alpha value is -2.43. The highest BCUT2D eigenvalue weighted by Crippen LogP contribution is 2.57. The molecule has 2 aliphatic carbocycles. The fourth-order valence-electron chi connectivity index (χ4n) is 6.22. The summed E-state index contributed by atoms with van der Waals surface area (Å²) < 4.78 is 28.9. The molecule has 10 heteroatoms. The molecule has 37 heavy (non-hydrogen) atoms. The molecule has 1 N–H and O–H groups in total. The molecular weight excluding hydrogens is 495 g/mol. The Bertz CT molecular complexity index is 1210. The molecule has 2 amide bonds. The molecular formula is C27H33FN4O4S. The zero-order valence-corrected chi connectivity index (χ0v) is 21.8. The van der Waals surface area contributed by atoms with Crippen molar-refractivity contribution in [3.63, 3.8) is 0 Å². The van der Waals surface area contributed by atoms with Crippen molar-refractivity contribution in [2.24, 2.45) is 5.92 Å². The van der Waals surface area contributed by atoms with E-state index in [1.807, 2.05) is 36.1 Å². The fourth-order valence-corrected chi connectivity index (χ4v) is 7.81. The molecule has 6 rings (SSSR count). The van der Waals surface area contributed by atoms with E-state index in [1.54, 1.807) is 4.68 Å². The number of nitrogens with zero attached hydrogens (tertiary/aromatic N) is 4. The van der Waals surface area contributed by atoms with Gasteiger partial charge in [0, 0.05) is 49.3 Å². The number of likely N-dealkylation sites (tertiary alicyclic amines) is 2. The zero-order valence-electron chi connectivity index (χ0n) is 21.0. The molecule has 2 aromatic rings. The zero-order chi connectivity index (χ0) is 25.8. The second-order valence-corrected chi connectivity index (χ2v) is 12.6. The minimum absolute atomic E-state index is 0.0258. The summed E-state index contributed by atoms with van der Waals surface area (Å²) >= 11 is -1.10. The van der Waals surface area contributed by atoms with Gasteiger partial charge in [-0.25, -0.2) is 4.39 Å². The Labute approximate surface area is 219 Å². The van der Waals surface area contributed by atoms with Crippen molar-refractivity contribution in [2.45, 2.75) is 73.9 Å².